The lowest BCUT2D eigenvalue weighted by molar-refractivity contribution is 0.129. The SMILES string of the molecule is CN.CN1CCC(C(C)(C)C)CC1. The highest BCUT2D eigenvalue weighted by molar-refractivity contribution is 4.79. The van der Waals surface area contributed by atoms with Crippen molar-refractivity contribution < 1.29 is 0 Å². The predicted octanol–water partition coefficient (Wildman–Crippen LogP) is 1.95. The number of nitrogens with zero attached hydrogens (tertiary/aromatic N) is 1. The number of piperidine rings is 1. The summed E-state index contributed by atoms with van der Waals surface area (Å²) < 4.78 is 0. The van der Waals surface area contributed by atoms with Gasteiger partial charge in [-0.2, -0.15) is 0 Å². The number of hydrogen-bond acceptors (Lipinski definition) is 2. The van der Waals surface area contributed by atoms with Gasteiger partial charge in [-0.25, -0.2) is 0 Å². The van der Waals surface area contributed by atoms with Gasteiger partial charge in [0.25, 0.3) is 0 Å². The van der Waals surface area contributed by atoms with Crippen LogP contribution < -0.4 is 5.73 Å². The number of likely N-dealkylation sites (tertiary alicyclic amines) is 1. The summed E-state index contributed by atoms with van der Waals surface area (Å²) in [6, 6.07) is 0. The van der Waals surface area contributed by atoms with E-state index in [0.717, 1.165) is 5.92 Å². The van der Waals surface area contributed by atoms with Crippen molar-refractivity contribution in [2.24, 2.45) is 17.1 Å². The van der Waals surface area contributed by atoms with Crippen LogP contribution in [0.25, 0.3) is 0 Å². The van der Waals surface area contributed by atoms with Gasteiger partial charge in [-0.1, -0.05) is 20.8 Å². The second-order valence-corrected chi connectivity index (χ2v) is 4.94. The summed E-state index contributed by atoms with van der Waals surface area (Å²) in [6.45, 7) is 9.68. The summed E-state index contributed by atoms with van der Waals surface area (Å²) in [7, 11) is 3.72. The summed E-state index contributed by atoms with van der Waals surface area (Å²) in [5, 5.41) is 0. The number of rotatable bonds is 0. The summed E-state index contributed by atoms with van der Waals surface area (Å²) >= 11 is 0. The Labute approximate surface area is 83.5 Å². The standard InChI is InChI=1S/C10H21N.CH5N/c1-10(2,3)9-5-7-11(4)8-6-9;1-2/h9H,5-8H2,1-4H3;2H2,1H3. The first-order valence-electron chi connectivity index (χ1n) is 5.26. The van der Waals surface area contributed by atoms with E-state index in [9.17, 15) is 0 Å². The molecule has 0 atom stereocenters. The largest absolute Gasteiger partial charge is 0.333 e. The lowest BCUT2D eigenvalue weighted by Gasteiger charge is -2.37. The minimum atomic E-state index is 0.529. The molecule has 0 unspecified atom stereocenters. The van der Waals surface area contributed by atoms with Crippen LogP contribution in [0, 0.1) is 11.3 Å². The summed E-state index contributed by atoms with van der Waals surface area (Å²) in [5.74, 6) is 0.943. The quantitative estimate of drug-likeness (QED) is 0.626. The molecular formula is C11H26N2. The van der Waals surface area contributed by atoms with Crippen LogP contribution in [0.2, 0.25) is 0 Å². The van der Waals surface area contributed by atoms with Crippen LogP contribution >= 0.6 is 0 Å². The molecule has 2 nitrogen and oxygen atoms in total. The van der Waals surface area contributed by atoms with E-state index in [1.54, 1.807) is 0 Å². The molecule has 1 rings (SSSR count). The molecule has 0 radical (unpaired) electrons. The minimum absolute atomic E-state index is 0.529. The molecule has 0 aliphatic carbocycles. The molecule has 0 saturated carbocycles. The topological polar surface area (TPSA) is 29.3 Å². The van der Waals surface area contributed by atoms with E-state index < -0.39 is 0 Å². The first kappa shape index (κ1) is 12.9. The van der Waals surface area contributed by atoms with Gasteiger partial charge in [0.2, 0.25) is 0 Å². The van der Waals surface area contributed by atoms with Crippen LogP contribution in [-0.4, -0.2) is 32.1 Å². The van der Waals surface area contributed by atoms with Crippen molar-refractivity contribution in [3.8, 4) is 0 Å². The molecule has 2 heteroatoms. The third-order valence-electron chi connectivity index (χ3n) is 2.94. The molecule has 2 N–H and O–H groups in total. The maximum Gasteiger partial charge on any atom is -0.00189 e. The lowest BCUT2D eigenvalue weighted by Crippen LogP contribution is -2.35. The first-order chi connectivity index (χ1) is 6.00. The van der Waals surface area contributed by atoms with E-state index >= 15 is 0 Å². The molecule has 1 fully saturated rings. The van der Waals surface area contributed by atoms with Gasteiger partial charge < -0.3 is 10.6 Å². The predicted molar refractivity (Wildman–Crippen MR) is 59.8 cm³/mol. The second kappa shape index (κ2) is 5.61. The average Bonchev–Trinajstić information content (AvgIpc) is 2.07. The van der Waals surface area contributed by atoms with E-state index in [1.807, 2.05) is 0 Å². The molecule has 0 spiro atoms. The maximum atomic E-state index is 4.50. The Kier molecular flexibility index (Phi) is 5.57. The molecular weight excluding hydrogens is 160 g/mol. The van der Waals surface area contributed by atoms with Crippen molar-refractivity contribution in [2.75, 3.05) is 27.2 Å². The highest BCUT2D eigenvalue weighted by atomic mass is 15.1. The molecule has 1 saturated heterocycles. The fourth-order valence-corrected chi connectivity index (χ4v) is 1.87. The smallest absolute Gasteiger partial charge is 0.00189 e. The van der Waals surface area contributed by atoms with E-state index in [0.29, 0.717) is 5.41 Å². The van der Waals surface area contributed by atoms with Crippen molar-refractivity contribution >= 4 is 0 Å². The molecule has 0 bridgehead atoms. The Morgan fingerprint density at radius 2 is 1.46 bits per heavy atom. The fraction of sp³-hybridized carbons (Fsp3) is 1.00. The zero-order valence-electron chi connectivity index (χ0n) is 9.93. The van der Waals surface area contributed by atoms with Crippen molar-refractivity contribution in [3.63, 3.8) is 0 Å². The Morgan fingerprint density at radius 3 is 1.77 bits per heavy atom. The molecule has 80 valence electrons. The van der Waals surface area contributed by atoms with Crippen molar-refractivity contribution in [1.29, 1.82) is 0 Å². The van der Waals surface area contributed by atoms with Gasteiger partial charge >= 0.3 is 0 Å². The molecule has 0 amide bonds. The van der Waals surface area contributed by atoms with Gasteiger partial charge in [-0.3, -0.25) is 0 Å². The van der Waals surface area contributed by atoms with Gasteiger partial charge in [0.1, 0.15) is 0 Å². The van der Waals surface area contributed by atoms with E-state index in [-0.39, 0.29) is 0 Å². The van der Waals surface area contributed by atoms with Gasteiger partial charge in [0, 0.05) is 0 Å². The normalized spacial score (nSPS) is 20.8. The second-order valence-electron chi connectivity index (χ2n) is 4.94. The van der Waals surface area contributed by atoms with Crippen LogP contribution in [0.5, 0.6) is 0 Å². The van der Waals surface area contributed by atoms with Crippen LogP contribution in [0.3, 0.4) is 0 Å². The molecule has 0 aromatic heterocycles. The Bertz CT molecular complexity index is 119. The average molecular weight is 186 g/mol. The van der Waals surface area contributed by atoms with Gasteiger partial charge in [0.15, 0.2) is 0 Å². The molecule has 13 heavy (non-hydrogen) atoms. The molecule has 1 aliphatic heterocycles. The minimum Gasteiger partial charge on any atom is -0.333 e. The maximum absolute atomic E-state index is 4.50. The Hall–Kier alpha value is -0.0800. The molecule has 1 aliphatic rings. The molecule has 1 heterocycles. The van der Waals surface area contributed by atoms with Crippen LogP contribution in [-0.2, 0) is 0 Å². The summed E-state index contributed by atoms with van der Waals surface area (Å²) in [6.07, 6.45) is 2.78. The summed E-state index contributed by atoms with van der Waals surface area (Å²) in [4.78, 5) is 2.43. The lowest BCUT2D eigenvalue weighted by atomic mass is 9.75. The van der Waals surface area contributed by atoms with Gasteiger partial charge in [0.05, 0.1) is 0 Å². The van der Waals surface area contributed by atoms with Crippen LogP contribution in [0.15, 0.2) is 0 Å². The first-order valence-corrected chi connectivity index (χ1v) is 5.26. The van der Waals surface area contributed by atoms with E-state index in [1.165, 1.54) is 33.0 Å². The van der Waals surface area contributed by atoms with E-state index in [2.05, 4.69) is 38.5 Å². The molecule has 0 aromatic carbocycles. The number of nitrogens with two attached hydrogens (primary N) is 1. The third-order valence-corrected chi connectivity index (χ3v) is 2.94. The summed E-state index contributed by atoms with van der Waals surface area (Å²) in [5.41, 5.74) is 5.03. The highest BCUT2D eigenvalue weighted by Gasteiger charge is 2.27. The third kappa shape index (κ3) is 4.63. The van der Waals surface area contributed by atoms with E-state index in [4.69, 9.17) is 0 Å². The van der Waals surface area contributed by atoms with Crippen molar-refractivity contribution in [1.82, 2.24) is 4.90 Å². The van der Waals surface area contributed by atoms with Crippen LogP contribution in [0.1, 0.15) is 33.6 Å². The Balaban J connectivity index is 0.000000671. The Morgan fingerprint density at radius 1 is 1.08 bits per heavy atom. The van der Waals surface area contributed by atoms with Crippen LogP contribution in [0.4, 0.5) is 0 Å². The monoisotopic (exact) mass is 186 g/mol. The number of hydrogen-bond donors (Lipinski definition) is 1. The van der Waals surface area contributed by atoms with Gasteiger partial charge in [-0.15, -0.1) is 0 Å². The zero-order valence-corrected chi connectivity index (χ0v) is 9.93. The van der Waals surface area contributed by atoms with Crippen molar-refractivity contribution in [3.05, 3.63) is 0 Å². The molecule has 0 aromatic rings. The fourth-order valence-electron chi connectivity index (χ4n) is 1.87. The van der Waals surface area contributed by atoms with Gasteiger partial charge in [-0.05, 0) is 51.4 Å². The van der Waals surface area contributed by atoms with Crippen molar-refractivity contribution in [2.45, 2.75) is 33.6 Å². The zero-order chi connectivity index (χ0) is 10.5. The highest BCUT2D eigenvalue weighted by Crippen LogP contribution is 2.33.